The van der Waals surface area contributed by atoms with Gasteiger partial charge in [0.25, 0.3) is 0 Å². The third kappa shape index (κ3) is 3.56. The van der Waals surface area contributed by atoms with Gasteiger partial charge in [0.15, 0.2) is 0 Å². The van der Waals surface area contributed by atoms with Gasteiger partial charge >= 0.3 is 6.03 Å². The molecule has 1 aromatic rings. The lowest BCUT2D eigenvalue weighted by Crippen LogP contribution is -2.50. The Balaban J connectivity index is 1.51. The zero-order valence-corrected chi connectivity index (χ0v) is 12.4. The van der Waals surface area contributed by atoms with Gasteiger partial charge in [0.1, 0.15) is 0 Å². The number of aryl methyl sites for hydroxylation is 1. The van der Waals surface area contributed by atoms with Gasteiger partial charge in [-0.05, 0) is 36.8 Å². The molecule has 114 valence electrons. The quantitative estimate of drug-likeness (QED) is 0.798. The van der Waals surface area contributed by atoms with Crippen molar-refractivity contribution in [1.82, 2.24) is 10.6 Å². The van der Waals surface area contributed by atoms with Gasteiger partial charge in [0.05, 0.1) is 5.60 Å². The van der Waals surface area contributed by atoms with Crippen molar-refractivity contribution in [1.29, 1.82) is 0 Å². The SMILES string of the molecule is O=C(NCC1(O)CCc2ccccc2C1)NC1CCCC1. The van der Waals surface area contributed by atoms with E-state index in [2.05, 4.69) is 22.8 Å². The fourth-order valence-electron chi connectivity index (χ4n) is 3.49. The fourth-order valence-corrected chi connectivity index (χ4v) is 3.49. The van der Waals surface area contributed by atoms with E-state index in [0.29, 0.717) is 25.4 Å². The van der Waals surface area contributed by atoms with Crippen LogP contribution < -0.4 is 10.6 Å². The molecule has 4 heteroatoms. The third-order valence-corrected chi connectivity index (χ3v) is 4.77. The van der Waals surface area contributed by atoms with Crippen LogP contribution in [0.3, 0.4) is 0 Å². The molecular weight excluding hydrogens is 264 g/mol. The van der Waals surface area contributed by atoms with Crippen molar-refractivity contribution in [2.75, 3.05) is 6.54 Å². The van der Waals surface area contributed by atoms with Crippen LogP contribution in [0.25, 0.3) is 0 Å². The number of amides is 2. The van der Waals surface area contributed by atoms with E-state index in [1.807, 2.05) is 12.1 Å². The predicted molar refractivity (Wildman–Crippen MR) is 82.2 cm³/mol. The minimum absolute atomic E-state index is 0.144. The Bertz CT molecular complexity index is 511. The first-order chi connectivity index (χ1) is 10.1. The van der Waals surface area contributed by atoms with Crippen LogP contribution in [0.5, 0.6) is 0 Å². The lowest BCUT2D eigenvalue weighted by molar-refractivity contribution is 0.0290. The summed E-state index contributed by atoms with van der Waals surface area (Å²) in [5.74, 6) is 0. The second-order valence-electron chi connectivity index (χ2n) is 6.48. The molecule has 0 saturated heterocycles. The highest BCUT2D eigenvalue weighted by Crippen LogP contribution is 2.28. The number of benzene rings is 1. The van der Waals surface area contributed by atoms with Crippen LogP contribution in [0, 0.1) is 0 Å². The van der Waals surface area contributed by atoms with Gasteiger partial charge in [-0.1, -0.05) is 37.1 Å². The number of hydrogen-bond acceptors (Lipinski definition) is 2. The number of carbonyl (C=O) groups is 1. The molecule has 3 N–H and O–H groups in total. The van der Waals surface area contributed by atoms with Crippen molar-refractivity contribution in [3.8, 4) is 0 Å². The monoisotopic (exact) mass is 288 g/mol. The number of nitrogens with one attached hydrogen (secondary N) is 2. The number of urea groups is 1. The molecule has 3 rings (SSSR count). The molecule has 1 atom stereocenters. The van der Waals surface area contributed by atoms with Crippen molar-refractivity contribution in [2.45, 2.75) is 56.6 Å². The standard InChI is InChI=1S/C17H24N2O2/c20-16(19-15-7-3-4-8-15)18-12-17(21)10-9-13-5-1-2-6-14(13)11-17/h1-2,5-6,15,21H,3-4,7-12H2,(H2,18,19,20). The Hall–Kier alpha value is -1.55. The van der Waals surface area contributed by atoms with E-state index in [1.54, 1.807) is 0 Å². The summed E-state index contributed by atoms with van der Waals surface area (Å²) in [4.78, 5) is 11.9. The van der Waals surface area contributed by atoms with Crippen LogP contribution in [0.4, 0.5) is 4.79 Å². The van der Waals surface area contributed by atoms with E-state index in [9.17, 15) is 9.90 Å². The van der Waals surface area contributed by atoms with E-state index in [1.165, 1.54) is 24.0 Å². The van der Waals surface area contributed by atoms with Crippen LogP contribution >= 0.6 is 0 Å². The number of carbonyl (C=O) groups excluding carboxylic acids is 1. The lowest BCUT2D eigenvalue weighted by Gasteiger charge is -2.33. The van der Waals surface area contributed by atoms with Crippen molar-refractivity contribution >= 4 is 6.03 Å². The first-order valence-electron chi connectivity index (χ1n) is 7.98. The molecule has 0 bridgehead atoms. The zero-order chi connectivity index (χ0) is 14.7. The summed E-state index contributed by atoms with van der Waals surface area (Å²) in [6.45, 7) is 0.319. The molecule has 0 aromatic heterocycles. The van der Waals surface area contributed by atoms with Crippen LogP contribution in [0.2, 0.25) is 0 Å². The molecule has 2 aliphatic carbocycles. The normalized spacial score (nSPS) is 25.4. The van der Waals surface area contributed by atoms with Crippen molar-refractivity contribution in [3.63, 3.8) is 0 Å². The highest BCUT2D eigenvalue weighted by molar-refractivity contribution is 5.74. The maximum atomic E-state index is 11.9. The molecule has 1 saturated carbocycles. The minimum atomic E-state index is -0.818. The number of fused-ring (bicyclic) bond motifs is 1. The van der Waals surface area contributed by atoms with Gasteiger partial charge in [-0.3, -0.25) is 0 Å². The van der Waals surface area contributed by atoms with Crippen LogP contribution in [-0.2, 0) is 12.8 Å². The molecule has 0 radical (unpaired) electrons. The molecule has 0 spiro atoms. The van der Waals surface area contributed by atoms with Crippen LogP contribution in [0.1, 0.15) is 43.2 Å². The summed E-state index contributed by atoms with van der Waals surface area (Å²) in [5, 5.41) is 16.5. The highest BCUT2D eigenvalue weighted by Gasteiger charge is 2.32. The summed E-state index contributed by atoms with van der Waals surface area (Å²) < 4.78 is 0. The van der Waals surface area contributed by atoms with E-state index in [4.69, 9.17) is 0 Å². The highest BCUT2D eigenvalue weighted by atomic mass is 16.3. The van der Waals surface area contributed by atoms with Crippen molar-refractivity contribution < 1.29 is 9.90 Å². The number of rotatable bonds is 3. The Morgan fingerprint density at radius 2 is 1.95 bits per heavy atom. The van der Waals surface area contributed by atoms with E-state index < -0.39 is 5.60 Å². The Morgan fingerprint density at radius 1 is 1.24 bits per heavy atom. The predicted octanol–water partition coefficient (Wildman–Crippen LogP) is 2.15. The largest absolute Gasteiger partial charge is 0.388 e. The zero-order valence-electron chi connectivity index (χ0n) is 12.4. The molecular formula is C17H24N2O2. The maximum absolute atomic E-state index is 11.9. The molecule has 21 heavy (non-hydrogen) atoms. The van der Waals surface area contributed by atoms with E-state index in [0.717, 1.165) is 19.3 Å². The summed E-state index contributed by atoms with van der Waals surface area (Å²) in [5.41, 5.74) is 1.70. The topological polar surface area (TPSA) is 61.4 Å². The first kappa shape index (κ1) is 14.4. The lowest BCUT2D eigenvalue weighted by atomic mass is 9.80. The second kappa shape index (κ2) is 6.06. The van der Waals surface area contributed by atoms with Crippen molar-refractivity contribution in [3.05, 3.63) is 35.4 Å². The molecule has 4 nitrogen and oxygen atoms in total. The van der Waals surface area contributed by atoms with Gasteiger partial charge in [0, 0.05) is 19.0 Å². The summed E-state index contributed by atoms with van der Waals surface area (Å²) >= 11 is 0. The first-order valence-corrected chi connectivity index (χ1v) is 7.98. The van der Waals surface area contributed by atoms with Crippen molar-refractivity contribution in [2.24, 2.45) is 0 Å². The Labute approximate surface area is 125 Å². The fraction of sp³-hybridized carbons (Fsp3) is 0.588. The second-order valence-corrected chi connectivity index (χ2v) is 6.48. The Kier molecular flexibility index (Phi) is 4.15. The molecule has 0 aliphatic heterocycles. The van der Waals surface area contributed by atoms with Gasteiger partial charge in [-0.2, -0.15) is 0 Å². The van der Waals surface area contributed by atoms with E-state index >= 15 is 0 Å². The third-order valence-electron chi connectivity index (χ3n) is 4.77. The van der Waals surface area contributed by atoms with Gasteiger partial charge in [-0.25, -0.2) is 4.79 Å². The van der Waals surface area contributed by atoms with Gasteiger partial charge < -0.3 is 15.7 Å². The minimum Gasteiger partial charge on any atom is -0.388 e. The molecule has 1 aromatic carbocycles. The maximum Gasteiger partial charge on any atom is 0.315 e. The molecule has 1 unspecified atom stereocenters. The van der Waals surface area contributed by atoms with Crippen LogP contribution in [-0.4, -0.2) is 29.3 Å². The smallest absolute Gasteiger partial charge is 0.315 e. The molecule has 0 heterocycles. The van der Waals surface area contributed by atoms with Crippen LogP contribution in [0.15, 0.2) is 24.3 Å². The van der Waals surface area contributed by atoms with E-state index in [-0.39, 0.29) is 6.03 Å². The number of aliphatic hydroxyl groups is 1. The Morgan fingerprint density at radius 3 is 2.71 bits per heavy atom. The molecule has 2 amide bonds. The van der Waals surface area contributed by atoms with Gasteiger partial charge in [-0.15, -0.1) is 0 Å². The average molecular weight is 288 g/mol. The molecule has 2 aliphatic rings. The average Bonchev–Trinajstić information content (AvgIpc) is 2.98. The van der Waals surface area contributed by atoms with Gasteiger partial charge in [0.2, 0.25) is 0 Å². The molecule has 1 fully saturated rings. The number of hydrogen-bond donors (Lipinski definition) is 3. The summed E-state index contributed by atoms with van der Waals surface area (Å²) in [6.07, 6.45) is 6.74. The summed E-state index contributed by atoms with van der Waals surface area (Å²) in [6, 6.07) is 8.40. The summed E-state index contributed by atoms with van der Waals surface area (Å²) in [7, 11) is 0.